The number of ether oxygens (including phenoxy) is 1. The Kier molecular flexibility index (Phi) is 4.74. The molecule has 2 aromatic rings. The lowest BCUT2D eigenvalue weighted by Crippen LogP contribution is -2.04. The van der Waals surface area contributed by atoms with Crippen molar-refractivity contribution < 1.29 is 9.13 Å². The highest BCUT2D eigenvalue weighted by atomic mass is 35.5. The molecular formula is C14H15ClFN3O. The second-order valence-electron chi connectivity index (χ2n) is 4.22. The summed E-state index contributed by atoms with van der Waals surface area (Å²) in [6, 6.07) is 6.20. The maximum absolute atomic E-state index is 13.8. The molecule has 0 amide bonds. The summed E-state index contributed by atoms with van der Waals surface area (Å²) in [5, 5.41) is 3.15. The smallest absolute Gasteiger partial charge is 0.224 e. The Balaban J connectivity index is 2.24. The molecule has 0 saturated heterocycles. The molecule has 0 aliphatic rings. The van der Waals surface area contributed by atoms with E-state index in [0.717, 1.165) is 13.0 Å². The van der Waals surface area contributed by atoms with Crippen molar-refractivity contribution in [1.29, 1.82) is 0 Å². The fraction of sp³-hybridized carbons (Fsp3) is 0.286. The SMILES string of the molecule is CCCNc1cc(Oc2cccc(Cl)c2F)nc(C)n1. The van der Waals surface area contributed by atoms with Crippen molar-refractivity contribution in [3.05, 3.63) is 40.9 Å². The van der Waals surface area contributed by atoms with E-state index in [1.54, 1.807) is 19.1 Å². The van der Waals surface area contributed by atoms with E-state index < -0.39 is 5.82 Å². The molecule has 0 radical (unpaired) electrons. The first-order chi connectivity index (χ1) is 9.60. The van der Waals surface area contributed by atoms with E-state index in [1.807, 2.05) is 0 Å². The quantitative estimate of drug-likeness (QED) is 0.898. The standard InChI is InChI=1S/C14H15ClFN3O/c1-3-7-17-12-8-13(19-9(2)18-12)20-11-6-4-5-10(15)14(11)16/h4-6,8H,3,7H2,1-2H3,(H,17,18,19). The lowest BCUT2D eigenvalue weighted by Gasteiger charge is -2.09. The van der Waals surface area contributed by atoms with Crippen LogP contribution in [0.4, 0.5) is 10.2 Å². The van der Waals surface area contributed by atoms with Crippen molar-refractivity contribution in [3.63, 3.8) is 0 Å². The summed E-state index contributed by atoms with van der Waals surface area (Å²) in [6.07, 6.45) is 0.974. The van der Waals surface area contributed by atoms with Gasteiger partial charge in [0, 0.05) is 12.6 Å². The summed E-state index contributed by atoms with van der Waals surface area (Å²) in [5.41, 5.74) is 0. The number of hydrogen-bond acceptors (Lipinski definition) is 4. The number of aryl methyl sites for hydroxylation is 1. The number of benzene rings is 1. The van der Waals surface area contributed by atoms with Crippen molar-refractivity contribution in [2.75, 3.05) is 11.9 Å². The van der Waals surface area contributed by atoms with E-state index in [1.165, 1.54) is 12.1 Å². The van der Waals surface area contributed by atoms with E-state index in [4.69, 9.17) is 16.3 Å². The van der Waals surface area contributed by atoms with Crippen LogP contribution in [0, 0.1) is 12.7 Å². The summed E-state index contributed by atoms with van der Waals surface area (Å²) < 4.78 is 19.2. The molecule has 6 heteroatoms. The molecule has 106 valence electrons. The van der Waals surface area contributed by atoms with Gasteiger partial charge in [-0.25, -0.2) is 9.37 Å². The van der Waals surface area contributed by atoms with Crippen LogP contribution >= 0.6 is 11.6 Å². The molecule has 4 nitrogen and oxygen atoms in total. The molecule has 0 aliphatic carbocycles. The minimum absolute atomic E-state index is 0.0117. The molecule has 2 rings (SSSR count). The van der Waals surface area contributed by atoms with Gasteiger partial charge in [0.15, 0.2) is 11.6 Å². The zero-order chi connectivity index (χ0) is 14.5. The average molecular weight is 296 g/mol. The molecule has 0 aliphatic heterocycles. The second kappa shape index (κ2) is 6.52. The first kappa shape index (κ1) is 14.5. The number of nitrogens with one attached hydrogen (secondary N) is 1. The van der Waals surface area contributed by atoms with Crippen molar-refractivity contribution in [1.82, 2.24) is 9.97 Å². The van der Waals surface area contributed by atoms with Gasteiger partial charge < -0.3 is 10.1 Å². The number of nitrogens with zero attached hydrogens (tertiary/aromatic N) is 2. The van der Waals surface area contributed by atoms with E-state index in [2.05, 4.69) is 22.2 Å². The summed E-state index contributed by atoms with van der Waals surface area (Å²) in [5.74, 6) is 0.906. The van der Waals surface area contributed by atoms with Crippen LogP contribution in [-0.4, -0.2) is 16.5 Å². The van der Waals surface area contributed by atoms with Gasteiger partial charge in [-0.15, -0.1) is 0 Å². The molecule has 0 spiro atoms. The predicted octanol–water partition coefficient (Wildman–Crippen LogP) is 4.19. The average Bonchev–Trinajstić information content (AvgIpc) is 2.41. The number of halogens is 2. The van der Waals surface area contributed by atoms with Crippen LogP contribution in [0.3, 0.4) is 0 Å². The molecule has 0 fully saturated rings. The first-order valence-corrected chi connectivity index (χ1v) is 6.69. The van der Waals surface area contributed by atoms with E-state index in [9.17, 15) is 4.39 Å². The Morgan fingerprint density at radius 2 is 2.15 bits per heavy atom. The highest BCUT2D eigenvalue weighted by molar-refractivity contribution is 6.30. The molecule has 1 heterocycles. The van der Waals surface area contributed by atoms with Crippen molar-refractivity contribution >= 4 is 17.4 Å². The number of anilines is 1. The predicted molar refractivity (Wildman–Crippen MR) is 77.0 cm³/mol. The Morgan fingerprint density at radius 3 is 2.90 bits per heavy atom. The van der Waals surface area contributed by atoms with Crippen LogP contribution in [0.2, 0.25) is 5.02 Å². The summed E-state index contributed by atoms with van der Waals surface area (Å²) in [6.45, 7) is 4.60. The van der Waals surface area contributed by atoms with Gasteiger partial charge in [0.05, 0.1) is 5.02 Å². The fourth-order valence-electron chi connectivity index (χ4n) is 1.61. The Bertz CT molecular complexity index is 607. The van der Waals surface area contributed by atoms with E-state index in [0.29, 0.717) is 11.6 Å². The van der Waals surface area contributed by atoms with Crippen LogP contribution in [0.1, 0.15) is 19.2 Å². The number of hydrogen-bond donors (Lipinski definition) is 1. The molecule has 1 aromatic heterocycles. The zero-order valence-electron chi connectivity index (χ0n) is 11.3. The summed E-state index contributed by atoms with van der Waals surface area (Å²) in [4.78, 5) is 8.36. The monoisotopic (exact) mass is 295 g/mol. The minimum atomic E-state index is -0.603. The van der Waals surface area contributed by atoms with Crippen LogP contribution in [0.5, 0.6) is 11.6 Å². The zero-order valence-corrected chi connectivity index (χ0v) is 12.0. The topological polar surface area (TPSA) is 47.0 Å². The number of aromatic nitrogens is 2. The van der Waals surface area contributed by atoms with Gasteiger partial charge in [0.25, 0.3) is 0 Å². The molecule has 0 atom stereocenters. The van der Waals surface area contributed by atoms with E-state index >= 15 is 0 Å². The molecule has 1 N–H and O–H groups in total. The van der Waals surface area contributed by atoms with Crippen molar-refractivity contribution in [2.24, 2.45) is 0 Å². The third-order valence-corrected chi connectivity index (χ3v) is 2.79. The number of rotatable bonds is 5. The van der Waals surface area contributed by atoms with Crippen LogP contribution in [-0.2, 0) is 0 Å². The van der Waals surface area contributed by atoms with Crippen molar-refractivity contribution in [3.8, 4) is 11.6 Å². The Hall–Kier alpha value is -1.88. The Labute approximate surface area is 122 Å². The summed E-state index contributed by atoms with van der Waals surface area (Å²) in [7, 11) is 0. The second-order valence-corrected chi connectivity index (χ2v) is 4.63. The van der Waals surface area contributed by atoms with Gasteiger partial charge in [0.2, 0.25) is 5.88 Å². The third-order valence-electron chi connectivity index (χ3n) is 2.50. The maximum atomic E-state index is 13.8. The highest BCUT2D eigenvalue weighted by Gasteiger charge is 2.10. The lowest BCUT2D eigenvalue weighted by molar-refractivity contribution is 0.425. The van der Waals surface area contributed by atoms with E-state index in [-0.39, 0.29) is 16.7 Å². The normalized spacial score (nSPS) is 10.4. The van der Waals surface area contributed by atoms with Gasteiger partial charge in [-0.05, 0) is 25.5 Å². The van der Waals surface area contributed by atoms with Gasteiger partial charge in [0.1, 0.15) is 11.6 Å². The lowest BCUT2D eigenvalue weighted by atomic mass is 10.3. The van der Waals surface area contributed by atoms with Gasteiger partial charge >= 0.3 is 0 Å². The molecule has 20 heavy (non-hydrogen) atoms. The van der Waals surface area contributed by atoms with Crippen molar-refractivity contribution in [2.45, 2.75) is 20.3 Å². The van der Waals surface area contributed by atoms with Gasteiger partial charge in [-0.3, -0.25) is 0 Å². The first-order valence-electron chi connectivity index (χ1n) is 6.31. The summed E-state index contributed by atoms with van der Waals surface area (Å²) >= 11 is 5.71. The van der Waals surface area contributed by atoms with Gasteiger partial charge in [-0.1, -0.05) is 24.6 Å². The molecular weight excluding hydrogens is 281 g/mol. The fourth-order valence-corrected chi connectivity index (χ4v) is 1.78. The maximum Gasteiger partial charge on any atom is 0.224 e. The van der Waals surface area contributed by atoms with Gasteiger partial charge in [-0.2, -0.15) is 4.98 Å². The highest BCUT2D eigenvalue weighted by Crippen LogP contribution is 2.28. The molecule has 0 unspecified atom stereocenters. The van der Waals surface area contributed by atoms with Crippen LogP contribution in [0.25, 0.3) is 0 Å². The van der Waals surface area contributed by atoms with Crippen LogP contribution < -0.4 is 10.1 Å². The third kappa shape index (κ3) is 3.57. The molecule has 1 aromatic carbocycles. The largest absolute Gasteiger partial charge is 0.436 e. The van der Waals surface area contributed by atoms with Crippen LogP contribution in [0.15, 0.2) is 24.3 Å². The Morgan fingerprint density at radius 1 is 1.35 bits per heavy atom. The molecule has 0 saturated carbocycles. The minimum Gasteiger partial charge on any atom is -0.436 e. The molecule has 0 bridgehead atoms.